The lowest BCUT2D eigenvalue weighted by Crippen LogP contribution is -2.38. The second-order valence-electron chi connectivity index (χ2n) is 10.0. The van der Waals surface area contributed by atoms with Gasteiger partial charge in [-0.1, -0.05) is 40.2 Å². The summed E-state index contributed by atoms with van der Waals surface area (Å²) in [4.78, 5) is 31.3. The molecule has 0 unspecified atom stereocenters. The monoisotopic (exact) mass is 564 g/mol. The summed E-state index contributed by atoms with van der Waals surface area (Å²) in [7, 11) is 0. The maximum Gasteiger partial charge on any atom is 0.415 e. The normalized spacial score (nSPS) is 14.8. The van der Waals surface area contributed by atoms with Gasteiger partial charge in [-0.05, 0) is 78.4 Å². The van der Waals surface area contributed by atoms with E-state index in [1.807, 2.05) is 42.5 Å². The van der Waals surface area contributed by atoms with Gasteiger partial charge in [-0.3, -0.25) is 9.97 Å². The molecule has 204 valence electrons. The Bertz CT molecular complexity index is 1790. The van der Waals surface area contributed by atoms with Crippen LogP contribution < -0.4 is 9.57 Å². The van der Waals surface area contributed by atoms with Crippen LogP contribution in [0.25, 0.3) is 16.6 Å². The number of pyridine rings is 2. The Kier molecular flexibility index (Phi) is 6.56. The van der Waals surface area contributed by atoms with Gasteiger partial charge in [0.15, 0.2) is 11.5 Å². The highest BCUT2D eigenvalue weighted by Gasteiger charge is 2.29. The number of fused-ring (bicyclic) bond motifs is 3. The zero-order valence-corrected chi connectivity index (χ0v) is 22.8. The van der Waals surface area contributed by atoms with Gasteiger partial charge in [0.1, 0.15) is 11.0 Å². The number of amides is 1. The maximum absolute atomic E-state index is 12.8. The van der Waals surface area contributed by atoms with Gasteiger partial charge in [-0.15, -0.1) is 5.10 Å². The summed E-state index contributed by atoms with van der Waals surface area (Å²) in [5.41, 5.74) is 8.02. The zero-order chi connectivity index (χ0) is 27.8. The van der Waals surface area contributed by atoms with E-state index in [1.165, 1.54) is 16.6 Å². The zero-order valence-electron chi connectivity index (χ0n) is 22.0. The molecule has 1 amide bonds. The Morgan fingerprint density at radius 2 is 1.80 bits per heavy atom. The summed E-state index contributed by atoms with van der Waals surface area (Å²) < 4.78 is 5.53. The third-order valence-corrected chi connectivity index (χ3v) is 7.79. The number of likely N-dealkylation sites (tertiary alicyclic amines) is 1. The molecule has 2 aliphatic rings. The topological polar surface area (TPSA) is 95.3 Å². The lowest BCUT2D eigenvalue weighted by molar-refractivity contribution is 0.148. The number of rotatable bonds is 3. The fraction of sp³-hybridized carbons (Fsp3) is 0.194. The highest BCUT2D eigenvalue weighted by molar-refractivity contribution is 6.30. The summed E-state index contributed by atoms with van der Waals surface area (Å²) in [5, 5.41) is 9.14. The van der Waals surface area contributed by atoms with E-state index in [-0.39, 0.29) is 6.09 Å². The summed E-state index contributed by atoms with van der Waals surface area (Å²) in [6.45, 7) is 1.08. The summed E-state index contributed by atoms with van der Waals surface area (Å²) >= 11 is 6.44. The maximum atomic E-state index is 12.8. The molecule has 0 spiro atoms. The number of aryl methyl sites for hydroxylation is 1. The van der Waals surface area contributed by atoms with Crippen LogP contribution in [0.3, 0.4) is 0 Å². The molecular formula is C31H25ClN6O3. The van der Waals surface area contributed by atoms with Gasteiger partial charge in [-0.2, -0.15) is 0 Å². The minimum Gasteiger partial charge on any atom is -0.409 e. The van der Waals surface area contributed by atoms with Crippen molar-refractivity contribution in [1.82, 2.24) is 30.0 Å². The quantitative estimate of drug-likeness (QED) is 0.269. The lowest BCUT2D eigenvalue weighted by Gasteiger charge is -2.29. The molecule has 41 heavy (non-hydrogen) atoms. The van der Waals surface area contributed by atoms with Crippen LogP contribution in [0.2, 0.25) is 5.02 Å². The Labute approximate surface area is 241 Å². The second-order valence-corrected chi connectivity index (χ2v) is 10.4. The van der Waals surface area contributed by atoms with E-state index in [0.717, 1.165) is 51.8 Å². The van der Waals surface area contributed by atoms with Crippen LogP contribution in [0.5, 0.6) is 11.5 Å². The van der Waals surface area contributed by atoms with Crippen molar-refractivity contribution in [3.8, 4) is 11.5 Å². The lowest BCUT2D eigenvalue weighted by atomic mass is 9.88. The SMILES string of the molecule is O=C(Oc1cccnc1)N1CCC(=C2c3ccc(Cl)cc3CCc3c(On4nnc5ccccc54)ccnc32)CC1. The Hall–Kier alpha value is -4.76. The number of para-hydroxylation sites is 1. The van der Waals surface area contributed by atoms with E-state index in [2.05, 4.69) is 21.4 Å². The van der Waals surface area contributed by atoms with Crippen LogP contribution in [-0.4, -0.2) is 49.2 Å². The number of piperidine rings is 1. The van der Waals surface area contributed by atoms with Gasteiger partial charge in [0.05, 0.1) is 11.9 Å². The number of carbonyl (C=O) groups is 1. The molecule has 1 aliphatic carbocycles. The summed E-state index contributed by atoms with van der Waals surface area (Å²) in [5.74, 6) is 1.11. The van der Waals surface area contributed by atoms with Gasteiger partial charge >= 0.3 is 6.09 Å². The number of benzene rings is 2. The van der Waals surface area contributed by atoms with Gasteiger partial charge < -0.3 is 14.5 Å². The molecule has 10 heteroatoms. The number of ether oxygens (including phenoxy) is 1. The van der Waals surface area contributed by atoms with Crippen molar-refractivity contribution in [2.24, 2.45) is 0 Å². The fourth-order valence-electron chi connectivity index (χ4n) is 5.57. The van der Waals surface area contributed by atoms with E-state index in [0.29, 0.717) is 42.5 Å². The van der Waals surface area contributed by atoms with Crippen LogP contribution >= 0.6 is 11.6 Å². The third-order valence-electron chi connectivity index (χ3n) is 7.56. The third kappa shape index (κ3) is 4.89. The van der Waals surface area contributed by atoms with E-state index < -0.39 is 0 Å². The van der Waals surface area contributed by atoms with Gasteiger partial charge in [0, 0.05) is 47.7 Å². The van der Waals surface area contributed by atoms with Gasteiger partial charge in [0.25, 0.3) is 0 Å². The van der Waals surface area contributed by atoms with Crippen LogP contribution in [0, 0.1) is 0 Å². The largest absolute Gasteiger partial charge is 0.415 e. The van der Waals surface area contributed by atoms with Crippen molar-refractivity contribution in [3.63, 3.8) is 0 Å². The van der Waals surface area contributed by atoms with Crippen LogP contribution in [-0.2, 0) is 12.8 Å². The van der Waals surface area contributed by atoms with Crippen molar-refractivity contribution in [2.45, 2.75) is 25.7 Å². The number of hydrogen-bond donors (Lipinski definition) is 0. The molecule has 9 nitrogen and oxygen atoms in total. The van der Waals surface area contributed by atoms with Gasteiger partial charge in [0.2, 0.25) is 0 Å². The molecule has 4 heterocycles. The van der Waals surface area contributed by atoms with Gasteiger partial charge in [-0.25, -0.2) is 4.79 Å². The van der Waals surface area contributed by atoms with Crippen molar-refractivity contribution in [3.05, 3.63) is 112 Å². The van der Waals surface area contributed by atoms with Crippen LogP contribution in [0.15, 0.2) is 84.8 Å². The van der Waals surface area contributed by atoms with E-state index in [1.54, 1.807) is 29.4 Å². The Morgan fingerprint density at radius 1 is 0.927 bits per heavy atom. The molecule has 0 bridgehead atoms. The first-order valence-electron chi connectivity index (χ1n) is 13.5. The van der Waals surface area contributed by atoms with Crippen LogP contribution in [0.4, 0.5) is 4.79 Å². The van der Waals surface area contributed by atoms with Crippen molar-refractivity contribution < 1.29 is 14.4 Å². The van der Waals surface area contributed by atoms with E-state index in [9.17, 15) is 4.79 Å². The minimum absolute atomic E-state index is 0.371. The average molecular weight is 565 g/mol. The summed E-state index contributed by atoms with van der Waals surface area (Å²) in [6, 6.07) is 19.1. The van der Waals surface area contributed by atoms with Crippen LogP contribution in [0.1, 0.15) is 35.2 Å². The molecule has 2 aromatic carbocycles. The first-order chi connectivity index (χ1) is 20.1. The smallest absolute Gasteiger partial charge is 0.409 e. The first kappa shape index (κ1) is 25.2. The molecule has 1 aliphatic heterocycles. The molecule has 0 radical (unpaired) electrons. The molecule has 1 fully saturated rings. The predicted molar refractivity (Wildman–Crippen MR) is 154 cm³/mol. The number of halogens is 1. The molecule has 3 aromatic heterocycles. The standard InChI is InChI=1S/C31H25ClN6O3/c32-22-8-10-24-21(18-22)7-9-25-28(41-38-27-6-2-1-5-26(27)35-36-38)11-15-34-30(25)29(24)20-12-16-37(17-13-20)31(39)40-23-4-3-14-33-19-23/h1-6,8,10-11,14-15,18-19H,7,9,12-13,16-17H2. The van der Waals surface area contributed by atoms with Crippen molar-refractivity contribution in [2.75, 3.05) is 13.1 Å². The molecule has 0 saturated carbocycles. The highest BCUT2D eigenvalue weighted by Crippen LogP contribution is 2.41. The van der Waals surface area contributed by atoms with Crippen molar-refractivity contribution >= 4 is 34.3 Å². The second kappa shape index (κ2) is 10.7. The highest BCUT2D eigenvalue weighted by atomic mass is 35.5. The summed E-state index contributed by atoms with van der Waals surface area (Å²) in [6.07, 6.45) is 7.47. The predicted octanol–water partition coefficient (Wildman–Crippen LogP) is 5.91. The average Bonchev–Trinajstić information content (AvgIpc) is 3.33. The number of carbonyl (C=O) groups excluding carboxylic acids is 1. The molecule has 0 atom stereocenters. The molecule has 5 aromatic rings. The van der Waals surface area contributed by atoms with Crippen molar-refractivity contribution in [1.29, 1.82) is 0 Å². The fourth-order valence-corrected chi connectivity index (χ4v) is 5.76. The molecule has 0 N–H and O–H groups in total. The van der Waals surface area contributed by atoms with E-state index >= 15 is 0 Å². The number of aromatic nitrogens is 5. The molecule has 7 rings (SSSR count). The first-order valence-corrected chi connectivity index (χ1v) is 13.9. The molecular weight excluding hydrogens is 540 g/mol. The number of nitrogens with zero attached hydrogens (tertiary/aromatic N) is 6. The van der Waals surface area contributed by atoms with E-state index in [4.69, 9.17) is 26.2 Å². The minimum atomic E-state index is -0.371. The molecule has 1 saturated heterocycles. The Balaban J connectivity index is 1.24. The Morgan fingerprint density at radius 3 is 2.66 bits per heavy atom. The number of hydrogen-bond acceptors (Lipinski definition) is 7.